The maximum atomic E-state index is 11.6. The zero-order valence-corrected chi connectivity index (χ0v) is 17.8. The molecule has 1 aromatic rings. The summed E-state index contributed by atoms with van der Waals surface area (Å²) in [7, 11) is 3.23. The van der Waals surface area contributed by atoms with Gasteiger partial charge in [0.1, 0.15) is 0 Å². The molecule has 29 heavy (non-hydrogen) atoms. The average Bonchev–Trinajstić information content (AvgIpc) is 2.77. The monoisotopic (exact) mass is 402 g/mol. The quantitative estimate of drug-likeness (QED) is 0.598. The van der Waals surface area contributed by atoms with E-state index in [-0.39, 0.29) is 12.2 Å². The Kier molecular flexibility index (Phi) is 7.75. The second-order valence-corrected chi connectivity index (χ2v) is 7.93. The summed E-state index contributed by atoms with van der Waals surface area (Å²) in [6.07, 6.45) is 3.87. The van der Waals surface area contributed by atoms with Crippen LogP contribution in [0.5, 0.6) is 0 Å². The number of ether oxygens (including phenoxy) is 2. The number of carbonyl (C=O) groups is 1. The van der Waals surface area contributed by atoms with Crippen molar-refractivity contribution in [3.63, 3.8) is 0 Å². The van der Waals surface area contributed by atoms with Crippen LogP contribution in [-0.2, 0) is 9.47 Å². The number of methoxy groups -OCH3 is 1. The lowest BCUT2D eigenvalue weighted by Crippen LogP contribution is -2.50. The largest absolute Gasteiger partial charge is 0.453 e. The van der Waals surface area contributed by atoms with E-state index in [0.29, 0.717) is 25.0 Å². The molecule has 0 aliphatic carbocycles. The molecule has 2 heterocycles. The molecule has 3 rings (SSSR count). The maximum absolute atomic E-state index is 11.6. The van der Waals surface area contributed by atoms with Crippen LogP contribution in [0.25, 0.3) is 0 Å². The van der Waals surface area contributed by atoms with Gasteiger partial charge in [-0.25, -0.2) is 4.79 Å². The summed E-state index contributed by atoms with van der Waals surface area (Å²) in [6, 6.07) is 8.97. The molecule has 0 saturated carbocycles. The van der Waals surface area contributed by atoms with Crippen LogP contribution in [-0.4, -0.2) is 63.4 Å². The Labute approximate surface area is 173 Å². The van der Waals surface area contributed by atoms with Crippen molar-refractivity contribution in [3.05, 3.63) is 35.4 Å². The van der Waals surface area contributed by atoms with Gasteiger partial charge >= 0.3 is 6.09 Å². The fraction of sp³-hybridized carbons (Fsp3) is 0.636. The lowest BCUT2D eigenvalue weighted by molar-refractivity contribution is -0.0265. The Morgan fingerprint density at radius 1 is 1.24 bits per heavy atom. The van der Waals surface area contributed by atoms with E-state index in [0.717, 1.165) is 44.8 Å². The van der Waals surface area contributed by atoms with Gasteiger partial charge in [-0.2, -0.15) is 0 Å². The van der Waals surface area contributed by atoms with Crippen LogP contribution < -0.4 is 10.6 Å². The Balaban J connectivity index is 1.50. The molecule has 2 fully saturated rings. The van der Waals surface area contributed by atoms with Crippen molar-refractivity contribution in [2.45, 2.75) is 44.8 Å². The highest BCUT2D eigenvalue weighted by atomic mass is 16.5. The predicted octanol–water partition coefficient (Wildman–Crippen LogP) is 2.86. The van der Waals surface area contributed by atoms with E-state index in [2.05, 4.69) is 46.8 Å². The minimum atomic E-state index is -0.245. The molecule has 2 atom stereocenters. The highest BCUT2D eigenvalue weighted by Gasteiger charge is 2.28. The third kappa shape index (κ3) is 5.85. The molecule has 2 aliphatic heterocycles. The van der Waals surface area contributed by atoms with Gasteiger partial charge in [0.2, 0.25) is 0 Å². The summed E-state index contributed by atoms with van der Waals surface area (Å²) in [5, 5.41) is 7.00. The number of likely N-dealkylation sites (tertiary alicyclic amines) is 1. The first-order valence-electron chi connectivity index (χ1n) is 10.6. The third-order valence-corrected chi connectivity index (χ3v) is 5.87. The highest BCUT2D eigenvalue weighted by molar-refractivity contribution is 5.80. The summed E-state index contributed by atoms with van der Waals surface area (Å²) in [4.78, 5) is 17.8. The molecule has 2 saturated heterocycles. The number of aliphatic imine (C=N–C) groups is 1. The summed E-state index contributed by atoms with van der Waals surface area (Å²) in [5.74, 6) is 1.22. The van der Waals surface area contributed by atoms with Crippen LogP contribution >= 0.6 is 0 Å². The van der Waals surface area contributed by atoms with Crippen LogP contribution in [0.4, 0.5) is 4.79 Å². The van der Waals surface area contributed by atoms with Gasteiger partial charge in [-0.3, -0.25) is 4.99 Å². The number of amides is 1. The van der Waals surface area contributed by atoms with Gasteiger partial charge in [0.25, 0.3) is 0 Å². The highest BCUT2D eigenvalue weighted by Crippen LogP contribution is 2.33. The number of guanidine groups is 1. The van der Waals surface area contributed by atoms with Crippen LogP contribution in [0.1, 0.15) is 42.9 Å². The van der Waals surface area contributed by atoms with E-state index in [1.165, 1.54) is 18.2 Å². The number of aryl methyl sites for hydroxylation is 1. The van der Waals surface area contributed by atoms with Crippen molar-refractivity contribution in [1.29, 1.82) is 0 Å². The lowest BCUT2D eigenvalue weighted by atomic mass is 9.89. The summed E-state index contributed by atoms with van der Waals surface area (Å²) in [6.45, 7) is 5.15. The molecule has 2 aliphatic rings. The van der Waals surface area contributed by atoms with Crippen molar-refractivity contribution in [2.75, 3.05) is 40.4 Å². The lowest BCUT2D eigenvalue weighted by Gasteiger charge is -2.34. The molecule has 2 unspecified atom stereocenters. The van der Waals surface area contributed by atoms with Crippen LogP contribution in [0.3, 0.4) is 0 Å². The number of hydrogen-bond acceptors (Lipinski definition) is 4. The molecule has 160 valence electrons. The topological polar surface area (TPSA) is 75.2 Å². The van der Waals surface area contributed by atoms with Gasteiger partial charge in [0.15, 0.2) is 5.96 Å². The molecule has 7 nitrogen and oxygen atoms in total. The van der Waals surface area contributed by atoms with Crippen LogP contribution in [0.15, 0.2) is 29.3 Å². The maximum Gasteiger partial charge on any atom is 0.409 e. The Hall–Kier alpha value is -2.28. The van der Waals surface area contributed by atoms with Crippen molar-refractivity contribution < 1.29 is 14.3 Å². The molecule has 0 spiro atoms. The van der Waals surface area contributed by atoms with Crippen LogP contribution in [0, 0.1) is 12.8 Å². The van der Waals surface area contributed by atoms with Gasteiger partial charge in [-0.05, 0) is 38.2 Å². The third-order valence-electron chi connectivity index (χ3n) is 5.87. The fourth-order valence-electron chi connectivity index (χ4n) is 4.13. The van der Waals surface area contributed by atoms with Gasteiger partial charge in [-0.15, -0.1) is 0 Å². The van der Waals surface area contributed by atoms with Gasteiger partial charge in [-0.1, -0.05) is 29.8 Å². The molecule has 0 radical (unpaired) electrons. The minimum Gasteiger partial charge on any atom is -0.453 e. The summed E-state index contributed by atoms with van der Waals surface area (Å²) < 4.78 is 10.9. The zero-order valence-electron chi connectivity index (χ0n) is 17.8. The first-order valence-corrected chi connectivity index (χ1v) is 10.6. The van der Waals surface area contributed by atoms with Crippen molar-refractivity contribution >= 4 is 12.1 Å². The van der Waals surface area contributed by atoms with Gasteiger partial charge < -0.3 is 25.0 Å². The van der Waals surface area contributed by atoms with Gasteiger partial charge in [0.05, 0.1) is 13.2 Å². The minimum absolute atomic E-state index is 0.123. The molecule has 2 N–H and O–H groups in total. The molecule has 1 aromatic carbocycles. The van der Waals surface area contributed by atoms with Crippen molar-refractivity contribution in [3.8, 4) is 0 Å². The SMILES string of the molecule is CN=C(NCC1CCCOC1c1ccc(C)cc1)NC1CCN(C(=O)OC)CC1. The zero-order chi connectivity index (χ0) is 20.6. The van der Waals surface area contributed by atoms with Crippen molar-refractivity contribution in [2.24, 2.45) is 10.9 Å². The molecular weight excluding hydrogens is 368 g/mol. The first kappa shape index (κ1) is 21.4. The van der Waals surface area contributed by atoms with E-state index in [1.807, 2.05) is 0 Å². The molecule has 7 heteroatoms. The van der Waals surface area contributed by atoms with Crippen LogP contribution in [0.2, 0.25) is 0 Å². The first-order chi connectivity index (χ1) is 14.1. The number of hydrogen-bond donors (Lipinski definition) is 2. The fourth-order valence-corrected chi connectivity index (χ4v) is 4.13. The normalized spacial score (nSPS) is 23.6. The molecular formula is C22H34N4O3. The second kappa shape index (κ2) is 10.5. The van der Waals surface area contributed by atoms with Gasteiger partial charge in [0, 0.05) is 45.2 Å². The molecule has 0 aromatic heterocycles. The van der Waals surface area contributed by atoms with E-state index in [4.69, 9.17) is 9.47 Å². The Morgan fingerprint density at radius 3 is 2.62 bits per heavy atom. The van der Waals surface area contributed by atoms with E-state index < -0.39 is 0 Å². The van der Waals surface area contributed by atoms with Crippen molar-refractivity contribution in [1.82, 2.24) is 15.5 Å². The van der Waals surface area contributed by atoms with E-state index in [1.54, 1.807) is 11.9 Å². The summed E-state index contributed by atoms with van der Waals surface area (Å²) >= 11 is 0. The second-order valence-electron chi connectivity index (χ2n) is 7.93. The Morgan fingerprint density at radius 2 is 1.97 bits per heavy atom. The number of piperidine rings is 1. The number of rotatable bonds is 4. The number of nitrogens with zero attached hydrogens (tertiary/aromatic N) is 2. The van der Waals surface area contributed by atoms with E-state index in [9.17, 15) is 4.79 Å². The predicted molar refractivity (Wildman–Crippen MR) is 114 cm³/mol. The molecule has 1 amide bonds. The smallest absolute Gasteiger partial charge is 0.409 e. The number of nitrogens with one attached hydrogen (secondary N) is 2. The molecule has 0 bridgehead atoms. The Bertz CT molecular complexity index is 684. The number of benzene rings is 1. The van der Waals surface area contributed by atoms with E-state index >= 15 is 0 Å². The summed E-state index contributed by atoms with van der Waals surface area (Å²) in [5.41, 5.74) is 2.52. The standard InChI is InChI=1S/C22H34N4O3/c1-16-6-8-17(9-7-16)20-18(5-4-14-29-20)15-24-21(23-2)25-19-10-12-26(13-11-19)22(27)28-3/h6-9,18-20H,4-5,10-15H2,1-3H3,(H2,23,24,25). The number of carbonyl (C=O) groups excluding carboxylic acids is 1. The average molecular weight is 403 g/mol.